The van der Waals surface area contributed by atoms with Crippen LogP contribution in [0.5, 0.6) is 0 Å². The van der Waals surface area contributed by atoms with Crippen molar-refractivity contribution in [3.63, 3.8) is 0 Å². The van der Waals surface area contributed by atoms with Gasteiger partial charge in [0.2, 0.25) is 0 Å². The van der Waals surface area contributed by atoms with E-state index in [0.29, 0.717) is 0 Å². The summed E-state index contributed by atoms with van der Waals surface area (Å²) in [6, 6.07) is 2.42. The number of piperidine rings is 2. The first-order chi connectivity index (χ1) is 10.1. The van der Waals surface area contributed by atoms with Crippen LogP contribution in [0, 0.1) is 5.92 Å². The van der Waals surface area contributed by atoms with E-state index in [1.54, 1.807) is 0 Å². The summed E-state index contributed by atoms with van der Waals surface area (Å²) in [5.41, 5.74) is 0. The van der Waals surface area contributed by atoms with Crippen LogP contribution in [0.3, 0.4) is 0 Å². The van der Waals surface area contributed by atoms with E-state index in [0.717, 1.165) is 24.0 Å². The Kier molecular flexibility index (Phi) is 5.23. The average Bonchev–Trinajstić information content (AvgIpc) is 2.48. The first-order valence-corrected chi connectivity index (χ1v) is 9.33. The Balaban J connectivity index is 1.65. The van der Waals surface area contributed by atoms with Crippen molar-refractivity contribution < 1.29 is 0 Å². The number of rotatable bonds is 3. The van der Waals surface area contributed by atoms with Crippen LogP contribution in [0.1, 0.15) is 52.4 Å². The van der Waals surface area contributed by atoms with Crippen molar-refractivity contribution in [2.75, 3.05) is 39.8 Å². The van der Waals surface area contributed by atoms with Gasteiger partial charge in [0.1, 0.15) is 0 Å². The zero-order valence-corrected chi connectivity index (χ0v) is 14.4. The molecule has 0 saturated carbocycles. The van der Waals surface area contributed by atoms with E-state index < -0.39 is 0 Å². The summed E-state index contributed by atoms with van der Waals surface area (Å²) >= 11 is 0. The lowest BCUT2D eigenvalue weighted by Crippen LogP contribution is -2.63. The van der Waals surface area contributed by atoms with E-state index in [1.807, 2.05) is 0 Å². The first-order valence-electron chi connectivity index (χ1n) is 9.33. The van der Waals surface area contributed by atoms with Crippen LogP contribution in [0.2, 0.25) is 0 Å². The Morgan fingerprint density at radius 2 is 1.71 bits per heavy atom. The molecule has 3 aliphatic rings. The molecule has 3 unspecified atom stereocenters. The zero-order valence-electron chi connectivity index (χ0n) is 14.4. The molecule has 3 aliphatic heterocycles. The molecule has 3 rings (SSSR count). The second-order valence-electron chi connectivity index (χ2n) is 8.04. The van der Waals surface area contributed by atoms with Crippen LogP contribution < -0.4 is 0 Å². The minimum atomic E-state index is 0.773. The van der Waals surface area contributed by atoms with Crippen LogP contribution in [0.15, 0.2) is 0 Å². The molecule has 0 aromatic rings. The van der Waals surface area contributed by atoms with Crippen molar-refractivity contribution in [1.29, 1.82) is 0 Å². The molecule has 122 valence electrons. The predicted molar refractivity (Wildman–Crippen MR) is 89.7 cm³/mol. The topological polar surface area (TPSA) is 9.72 Å². The largest absolute Gasteiger partial charge is 0.302 e. The standard InChI is InChI=1S/C18H35N3/c1-15(2)18-14-20-11-7-5-9-17(20)13-21(18)12-16-8-4-6-10-19(16)3/h15-18H,4-14H2,1-3H3. The monoisotopic (exact) mass is 293 g/mol. The van der Waals surface area contributed by atoms with Gasteiger partial charge in [-0.25, -0.2) is 0 Å². The normalized spacial score (nSPS) is 36.9. The second-order valence-corrected chi connectivity index (χ2v) is 8.04. The van der Waals surface area contributed by atoms with Crippen molar-refractivity contribution >= 4 is 0 Å². The van der Waals surface area contributed by atoms with Gasteiger partial charge in [-0.3, -0.25) is 9.80 Å². The number of fused-ring (bicyclic) bond motifs is 1. The summed E-state index contributed by atoms with van der Waals surface area (Å²) in [6.45, 7) is 11.5. The second kappa shape index (κ2) is 6.97. The number of nitrogens with zero attached hydrogens (tertiary/aromatic N) is 3. The van der Waals surface area contributed by atoms with E-state index in [9.17, 15) is 0 Å². The lowest BCUT2D eigenvalue weighted by molar-refractivity contribution is -0.0220. The molecule has 0 spiro atoms. The smallest absolute Gasteiger partial charge is 0.0247 e. The molecule has 21 heavy (non-hydrogen) atoms. The van der Waals surface area contributed by atoms with E-state index in [-0.39, 0.29) is 0 Å². The molecule has 0 aliphatic carbocycles. The summed E-state index contributed by atoms with van der Waals surface area (Å²) in [7, 11) is 2.34. The Morgan fingerprint density at radius 3 is 2.48 bits per heavy atom. The van der Waals surface area contributed by atoms with Gasteiger partial charge in [-0.15, -0.1) is 0 Å². The van der Waals surface area contributed by atoms with Crippen molar-refractivity contribution in [1.82, 2.24) is 14.7 Å². The van der Waals surface area contributed by atoms with Crippen LogP contribution in [-0.4, -0.2) is 72.6 Å². The predicted octanol–water partition coefficient (Wildman–Crippen LogP) is 2.67. The summed E-state index contributed by atoms with van der Waals surface area (Å²) in [5, 5.41) is 0. The third-order valence-electron chi connectivity index (χ3n) is 6.22. The molecule has 0 bridgehead atoms. The maximum Gasteiger partial charge on any atom is 0.0247 e. The van der Waals surface area contributed by atoms with Gasteiger partial charge < -0.3 is 4.90 Å². The molecule has 0 N–H and O–H groups in total. The lowest BCUT2D eigenvalue weighted by Gasteiger charge is -2.51. The van der Waals surface area contributed by atoms with Crippen LogP contribution in [0.4, 0.5) is 0 Å². The quantitative estimate of drug-likeness (QED) is 0.792. The van der Waals surface area contributed by atoms with Crippen LogP contribution in [-0.2, 0) is 0 Å². The fraction of sp³-hybridized carbons (Fsp3) is 1.00. The molecule has 3 nitrogen and oxygen atoms in total. The lowest BCUT2D eigenvalue weighted by atomic mass is 9.91. The first kappa shape index (κ1) is 15.8. The summed E-state index contributed by atoms with van der Waals surface area (Å²) < 4.78 is 0. The van der Waals surface area contributed by atoms with Crippen molar-refractivity contribution in [2.45, 2.75) is 70.5 Å². The highest BCUT2D eigenvalue weighted by Crippen LogP contribution is 2.28. The molecule has 3 atom stereocenters. The zero-order chi connectivity index (χ0) is 14.8. The third-order valence-corrected chi connectivity index (χ3v) is 6.22. The minimum Gasteiger partial charge on any atom is -0.302 e. The number of likely N-dealkylation sites (tertiary alicyclic amines) is 1. The fourth-order valence-electron chi connectivity index (χ4n) is 4.76. The molecule has 3 saturated heterocycles. The van der Waals surface area contributed by atoms with Gasteiger partial charge in [0.05, 0.1) is 0 Å². The third kappa shape index (κ3) is 3.62. The highest BCUT2D eigenvalue weighted by molar-refractivity contribution is 4.93. The fourth-order valence-corrected chi connectivity index (χ4v) is 4.76. The molecule has 3 heterocycles. The number of likely N-dealkylation sites (N-methyl/N-ethyl adjacent to an activating group) is 1. The van der Waals surface area contributed by atoms with Crippen LogP contribution in [0.25, 0.3) is 0 Å². The van der Waals surface area contributed by atoms with Crippen molar-refractivity contribution in [2.24, 2.45) is 5.92 Å². The van der Waals surface area contributed by atoms with Crippen molar-refractivity contribution in [3.8, 4) is 0 Å². The Labute approximate surface area is 131 Å². The van der Waals surface area contributed by atoms with E-state index in [2.05, 4.69) is 35.6 Å². The van der Waals surface area contributed by atoms with Gasteiger partial charge in [-0.05, 0) is 51.7 Å². The molecule has 0 amide bonds. The van der Waals surface area contributed by atoms with Gasteiger partial charge in [0.15, 0.2) is 0 Å². The van der Waals surface area contributed by atoms with Gasteiger partial charge >= 0.3 is 0 Å². The SMILES string of the molecule is CC(C)C1CN2CCCCC2CN1CC1CCCCN1C. The molecule has 0 radical (unpaired) electrons. The minimum absolute atomic E-state index is 0.773. The Morgan fingerprint density at radius 1 is 0.952 bits per heavy atom. The summed E-state index contributed by atoms with van der Waals surface area (Å²) in [4.78, 5) is 8.28. The highest BCUT2D eigenvalue weighted by atomic mass is 15.3. The van der Waals surface area contributed by atoms with Crippen molar-refractivity contribution in [3.05, 3.63) is 0 Å². The van der Waals surface area contributed by atoms with Gasteiger partial charge in [0.25, 0.3) is 0 Å². The molecular weight excluding hydrogens is 258 g/mol. The van der Waals surface area contributed by atoms with E-state index >= 15 is 0 Å². The molecule has 0 aromatic heterocycles. The van der Waals surface area contributed by atoms with Gasteiger partial charge in [-0.2, -0.15) is 0 Å². The Hall–Kier alpha value is -0.120. The molecule has 3 fully saturated rings. The Bertz CT molecular complexity index is 330. The van der Waals surface area contributed by atoms with Gasteiger partial charge in [0, 0.05) is 37.8 Å². The number of piperazine rings is 1. The van der Waals surface area contributed by atoms with Gasteiger partial charge in [-0.1, -0.05) is 26.7 Å². The molecule has 0 aromatic carbocycles. The van der Waals surface area contributed by atoms with E-state index in [4.69, 9.17) is 0 Å². The van der Waals surface area contributed by atoms with E-state index in [1.165, 1.54) is 71.2 Å². The summed E-state index contributed by atoms with van der Waals surface area (Å²) in [5.74, 6) is 0.779. The maximum atomic E-state index is 2.86. The summed E-state index contributed by atoms with van der Waals surface area (Å²) in [6.07, 6.45) is 8.55. The maximum absolute atomic E-state index is 2.86. The number of hydrogen-bond donors (Lipinski definition) is 0. The van der Waals surface area contributed by atoms with Crippen LogP contribution >= 0.6 is 0 Å². The molecular formula is C18H35N3. The molecule has 3 heteroatoms. The number of hydrogen-bond acceptors (Lipinski definition) is 3. The average molecular weight is 293 g/mol. The highest BCUT2D eigenvalue weighted by Gasteiger charge is 2.37.